The molecular weight excluding hydrogens is 322 g/mol. The van der Waals surface area contributed by atoms with Crippen molar-refractivity contribution in [1.82, 2.24) is 9.97 Å². The minimum absolute atomic E-state index is 0.109. The first kappa shape index (κ1) is 14.5. The molecule has 0 saturated heterocycles. The van der Waals surface area contributed by atoms with Gasteiger partial charge in [0.25, 0.3) is 0 Å². The highest BCUT2D eigenvalue weighted by Crippen LogP contribution is 2.27. The summed E-state index contributed by atoms with van der Waals surface area (Å²) >= 11 is 4.42. The minimum Gasteiger partial charge on any atom is -0.383 e. The van der Waals surface area contributed by atoms with Crippen LogP contribution in [0.25, 0.3) is 10.2 Å². The predicted molar refractivity (Wildman–Crippen MR) is 90.6 cm³/mol. The molecule has 108 valence electrons. The Morgan fingerprint density at radius 3 is 2.95 bits per heavy atom. The van der Waals surface area contributed by atoms with Gasteiger partial charge in [-0.2, -0.15) is 0 Å². The first-order valence-electron chi connectivity index (χ1n) is 6.43. The lowest BCUT2D eigenvalue weighted by molar-refractivity contribution is 0.102. The van der Waals surface area contributed by atoms with Gasteiger partial charge in [0.05, 0.1) is 16.0 Å². The van der Waals surface area contributed by atoms with Crippen molar-refractivity contribution in [2.45, 2.75) is 18.5 Å². The van der Waals surface area contributed by atoms with Gasteiger partial charge < -0.3 is 5.73 Å². The van der Waals surface area contributed by atoms with E-state index in [1.807, 2.05) is 23.6 Å². The number of carbonyl (C=O) groups excluding carboxylic acids is 1. The van der Waals surface area contributed by atoms with Gasteiger partial charge in [-0.3, -0.25) is 4.79 Å². The molecule has 3 heterocycles. The summed E-state index contributed by atoms with van der Waals surface area (Å²) in [6.07, 6.45) is 0.958. The Morgan fingerprint density at radius 1 is 1.33 bits per heavy atom. The standard InChI is InChI=1S/C14H13N3OS3/c1-2-8-3-4-11(21-8)10(18)7-20-14-16-12(15)9-5-6-19-13(9)17-14/h3-6H,2,7H2,1H3,(H2,15,16,17). The highest BCUT2D eigenvalue weighted by Gasteiger charge is 2.12. The molecule has 3 aromatic rings. The molecule has 0 amide bonds. The van der Waals surface area contributed by atoms with Crippen molar-refractivity contribution in [3.05, 3.63) is 33.3 Å². The van der Waals surface area contributed by atoms with E-state index in [1.54, 1.807) is 11.3 Å². The lowest BCUT2D eigenvalue weighted by Gasteiger charge is -2.01. The zero-order valence-corrected chi connectivity index (χ0v) is 13.8. The number of nitrogens with two attached hydrogens (primary N) is 1. The topological polar surface area (TPSA) is 68.9 Å². The average molecular weight is 335 g/mol. The molecule has 0 aliphatic heterocycles. The molecule has 0 spiro atoms. The molecule has 0 radical (unpaired) electrons. The Hall–Kier alpha value is -1.44. The first-order valence-corrected chi connectivity index (χ1v) is 9.11. The number of fused-ring (bicyclic) bond motifs is 1. The van der Waals surface area contributed by atoms with E-state index in [4.69, 9.17) is 5.73 Å². The molecule has 0 saturated carbocycles. The van der Waals surface area contributed by atoms with Gasteiger partial charge in [-0.25, -0.2) is 9.97 Å². The normalized spacial score (nSPS) is 11.1. The number of anilines is 1. The Balaban J connectivity index is 1.72. The number of hydrogen-bond acceptors (Lipinski definition) is 7. The second-order valence-electron chi connectivity index (χ2n) is 4.36. The number of nitrogens with zero attached hydrogens (tertiary/aromatic N) is 2. The van der Waals surface area contributed by atoms with Crippen LogP contribution in [-0.4, -0.2) is 21.5 Å². The third-order valence-electron chi connectivity index (χ3n) is 2.95. The molecule has 0 unspecified atom stereocenters. The zero-order valence-electron chi connectivity index (χ0n) is 11.3. The lowest BCUT2D eigenvalue weighted by atomic mass is 10.3. The number of thiophene rings is 2. The van der Waals surface area contributed by atoms with E-state index >= 15 is 0 Å². The van der Waals surface area contributed by atoms with Gasteiger partial charge in [0.2, 0.25) is 0 Å². The third kappa shape index (κ3) is 3.09. The van der Waals surface area contributed by atoms with Gasteiger partial charge in [-0.15, -0.1) is 22.7 Å². The second-order valence-corrected chi connectivity index (χ2v) is 7.37. The van der Waals surface area contributed by atoms with E-state index in [2.05, 4.69) is 16.9 Å². The smallest absolute Gasteiger partial charge is 0.191 e. The molecular formula is C14H13N3OS3. The molecule has 0 bridgehead atoms. The molecule has 0 atom stereocenters. The Bertz CT molecular complexity index is 794. The second kappa shape index (κ2) is 6.13. The van der Waals surface area contributed by atoms with Crippen LogP contribution >= 0.6 is 34.4 Å². The van der Waals surface area contributed by atoms with Gasteiger partial charge in [0, 0.05) is 4.88 Å². The molecule has 0 aromatic carbocycles. The van der Waals surface area contributed by atoms with Crippen molar-refractivity contribution < 1.29 is 4.79 Å². The fourth-order valence-electron chi connectivity index (χ4n) is 1.84. The molecule has 2 N–H and O–H groups in total. The fourth-order valence-corrected chi connectivity index (χ4v) is 4.38. The molecule has 0 fully saturated rings. The third-order valence-corrected chi connectivity index (χ3v) is 5.88. The summed E-state index contributed by atoms with van der Waals surface area (Å²) in [5.41, 5.74) is 5.90. The first-order chi connectivity index (χ1) is 10.2. The van der Waals surface area contributed by atoms with Crippen molar-refractivity contribution in [1.29, 1.82) is 0 Å². The van der Waals surface area contributed by atoms with Gasteiger partial charge in [-0.1, -0.05) is 18.7 Å². The van der Waals surface area contributed by atoms with E-state index in [0.29, 0.717) is 16.7 Å². The van der Waals surface area contributed by atoms with Crippen molar-refractivity contribution in [2.24, 2.45) is 0 Å². The highest BCUT2D eigenvalue weighted by molar-refractivity contribution is 7.99. The van der Waals surface area contributed by atoms with Crippen LogP contribution in [0.1, 0.15) is 21.5 Å². The van der Waals surface area contributed by atoms with E-state index in [0.717, 1.165) is 21.5 Å². The number of thioether (sulfide) groups is 1. The summed E-state index contributed by atoms with van der Waals surface area (Å²) in [6.45, 7) is 2.09. The van der Waals surface area contributed by atoms with Crippen molar-refractivity contribution in [3.63, 3.8) is 0 Å². The highest BCUT2D eigenvalue weighted by atomic mass is 32.2. The average Bonchev–Trinajstić information content (AvgIpc) is 3.13. The fraction of sp³-hybridized carbons (Fsp3) is 0.214. The Morgan fingerprint density at radius 2 is 2.19 bits per heavy atom. The summed E-state index contributed by atoms with van der Waals surface area (Å²) < 4.78 is 0. The SMILES string of the molecule is CCc1ccc(C(=O)CSc2nc(N)c3ccsc3n2)s1. The van der Waals surface area contributed by atoms with Crippen molar-refractivity contribution >= 4 is 56.3 Å². The number of aromatic nitrogens is 2. The summed E-state index contributed by atoms with van der Waals surface area (Å²) in [7, 11) is 0. The molecule has 0 aliphatic rings. The summed E-state index contributed by atoms with van der Waals surface area (Å²) in [5.74, 6) is 0.915. The molecule has 7 heteroatoms. The van der Waals surface area contributed by atoms with Crippen molar-refractivity contribution in [2.75, 3.05) is 11.5 Å². The van der Waals surface area contributed by atoms with Crippen LogP contribution in [0.15, 0.2) is 28.7 Å². The van der Waals surface area contributed by atoms with E-state index in [-0.39, 0.29) is 5.78 Å². The van der Waals surface area contributed by atoms with Crippen LogP contribution < -0.4 is 5.73 Å². The molecule has 21 heavy (non-hydrogen) atoms. The monoisotopic (exact) mass is 335 g/mol. The number of Topliss-reactive ketones (excluding diaryl/α,β-unsaturated/α-hetero) is 1. The maximum Gasteiger partial charge on any atom is 0.191 e. The van der Waals surface area contributed by atoms with E-state index < -0.39 is 0 Å². The van der Waals surface area contributed by atoms with Gasteiger partial charge >= 0.3 is 0 Å². The minimum atomic E-state index is 0.109. The molecule has 3 rings (SSSR count). The largest absolute Gasteiger partial charge is 0.383 e. The van der Waals surface area contributed by atoms with Crippen LogP contribution in [0.5, 0.6) is 0 Å². The quantitative estimate of drug-likeness (QED) is 0.435. The molecule has 0 aliphatic carbocycles. The lowest BCUT2D eigenvalue weighted by Crippen LogP contribution is -2.01. The van der Waals surface area contributed by atoms with Gasteiger partial charge in [-0.05, 0) is 30.0 Å². The number of rotatable bonds is 5. The molecule has 3 aromatic heterocycles. The Labute approximate surface area is 134 Å². The van der Waals surface area contributed by atoms with Crippen LogP contribution in [-0.2, 0) is 6.42 Å². The number of nitrogen functional groups attached to an aromatic ring is 1. The zero-order chi connectivity index (χ0) is 14.8. The summed E-state index contributed by atoms with van der Waals surface area (Å²) in [4.78, 5) is 23.7. The van der Waals surface area contributed by atoms with Crippen LogP contribution in [0, 0.1) is 0 Å². The van der Waals surface area contributed by atoms with Gasteiger partial charge in [0.1, 0.15) is 10.6 Å². The number of aryl methyl sites for hydroxylation is 1. The number of hydrogen-bond donors (Lipinski definition) is 1. The van der Waals surface area contributed by atoms with Crippen LogP contribution in [0.4, 0.5) is 5.82 Å². The maximum atomic E-state index is 12.2. The number of carbonyl (C=O) groups is 1. The van der Waals surface area contributed by atoms with Crippen LogP contribution in [0.3, 0.4) is 0 Å². The maximum absolute atomic E-state index is 12.2. The predicted octanol–water partition coefficient (Wildman–Crippen LogP) is 3.87. The van der Waals surface area contributed by atoms with E-state index in [9.17, 15) is 4.79 Å². The number of ketones is 1. The summed E-state index contributed by atoms with van der Waals surface area (Å²) in [5, 5.41) is 3.37. The van der Waals surface area contributed by atoms with Crippen LogP contribution in [0.2, 0.25) is 0 Å². The van der Waals surface area contributed by atoms with Gasteiger partial charge in [0.15, 0.2) is 10.9 Å². The molecule has 4 nitrogen and oxygen atoms in total. The van der Waals surface area contributed by atoms with Crippen molar-refractivity contribution in [3.8, 4) is 0 Å². The van der Waals surface area contributed by atoms with E-state index in [1.165, 1.54) is 28.0 Å². The summed E-state index contributed by atoms with van der Waals surface area (Å²) in [6, 6.07) is 5.81. The Kier molecular flexibility index (Phi) is 4.23.